The van der Waals surface area contributed by atoms with Gasteiger partial charge in [0.2, 0.25) is 15.9 Å². The number of sulfonamides is 1. The van der Waals surface area contributed by atoms with E-state index in [2.05, 4.69) is 10.0 Å². The topological polar surface area (TPSA) is 84.5 Å². The van der Waals surface area contributed by atoms with Crippen molar-refractivity contribution in [2.45, 2.75) is 11.4 Å². The van der Waals surface area contributed by atoms with Crippen molar-refractivity contribution >= 4 is 33.3 Å². The van der Waals surface area contributed by atoms with Crippen LogP contribution in [0.4, 0.5) is 0 Å². The number of thiophene rings is 1. The van der Waals surface area contributed by atoms with E-state index in [9.17, 15) is 13.2 Å². The Kier molecular flexibility index (Phi) is 6.13. The van der Waals surface area contributed by atoms with E-state index in [0.717, 1.165) is 4.88 Å². The summed E-state index contributed by atoms with van der Waals surface area (Å²) in [6.07, 6.45) is 2.92. The zero-order valence-electron chi connectivity index (χ0n) is 13.3. The second kappa shape index (κ2) is 8.09. The first-order chi connectivity index (χ1) is 11.5. The highest BCUT2D eigenvalue weighted by atomic mass is 32.2. The van der Waals surface area contributed by atoms with E-state index in [1.165, 1.54) is 26.3 Å². The Morgan fingerprint density at radius 2 is 2.12 bits per heavy atom. The minimum Gasteiger partial charge on any atom is -0.495 e. The first-order valence-corrected chi connectivity index (χ1v) is 9.42. The molecule has 24 heavy (non-hydrogen) atoms. The van der Waals surface area contributed by atoms with Crippen molar-refractivity contribution in [2.75, 3.05) is 14.2 Å². The van der Waals surface area contributed by atoms with Crippen LogP contribution in [0.1, 0.15) is 10.4 Å². The number of rotatable bonds is 7. The average molecular weight is 366 g/mol. The quantitative estimate of drug-likeness (QED) is 0.734. The number of carbonyl (C=O) groups excluding carboxylic acids is 1. The molecule has 128 valence electrons. The van der Waals surface area contributed by atoms with Crippen LogP contribution in [0.2, 0.25) is 0 Å². The van der Waals surface area contributed by atoms with Crippen LogP contribution < -0.4 is 14.8 Å². The minimum absolute atomic E-state index is 0.0219. The molecular weight excluding hydrogens is 348 g/mol. The van der Waals surface area contributed by atoms with Gasteiger partial charge in [-0.05, 0) is 42.3 Å². The number of hydrogen-bond donors (Lipinski definition) is 2. The van der Waals surface area contributed by atoms with E-state index in [4.69, 9.17) is 4.74 Å². The Labute approximate surface area is 145 Å². The summed E-state index contributed by atoms with van der Waals surface area (Å²) in [7, 11) is -0.921. The smallest absolute Gasteiger partial charge is 0.244 e. The Morgan fingerprint density at radius 1 is 1.33 bits per heavy atom. The summed E-state index contributed by atoms with van der Waals surface area (Å²) in [5, 5.41) is 4.71. The van der Waals surface area contributed by atoms with Crippen molar-refractivity contribution in [2.24, 2.45) is 0 Å². The second-order valence-electron chi connectivity index (χ2n) is 4.75. The fourth-order valence-electron chi connectivity index (χ4n) is 1.94. The first kappa shape index (κ1) is 18.2. The number of hydrogen-bond acceptors (Lipinski definition) is 5. The maximum absolute atomic E-state index is 12.0. The van der Waals surface area contributed by atoms with Crippen LogP contribution in [0, 0.1) is 0 Å². The van der Waals surface area contributed by atoms with Crippen LogP contribution in [-0.2, 0) is 21.4 Å². The largest absolute Gasteiger partial charge is 0.495 e. The van der Waals surface area contributed by atoms with E-state index < -0.39 is 10.0 Å². The Morgan fingerprint density at radius 3 is 2.75 bits per heavy atom. The zero-order chi connectivity index (χ0) is 17.6. The van der Waals surface area contributed by atoms with Gasteiger partial charge in [-0.15, -0.1) is 11.3 Å². The van der Waals surface area contributed by atoms with E-state index >= 15 is 0 Å². The number of benzene rings is 1. The molecular formula is C16H18N2O4S2. The molecule has 0 saturated heterocycles. The molecule has 1 heterocycles. The predicted octanol–water partition coefficient (Wildman–Crippen LogP) is 1.99. The van der Waals surface area contributed by atoms with Gasteiger partial charge in [0, 0.05) is 11.0 Å². The monoisotopic (exact) mass is 366 g/mol. The molecule has 0 spiro atoms. The van der Waals surface area contributed by atoms with Crippen LogP contribution in [-0.4, -0.2) is 28.5 Å². The molecule has 8 heteroatoms. The molecule has 1 amide bonds. The summed E-state index contributed by atoms with van der Waals surface area (Å²) in [4.78, 5) is 12.9. The van der Waals surface area contributed by atoms with Gasteiger partial charge in [0.15, 0.2) is 0 Å². The second-order valence-corrected chi connectivity index (χ2v) is 7.64. The maximum atomic E-state index is 12.0. The van der Waals surface area contributed by atoms with Crippen LogP contribution in [0.15, 0.2) is 46.7 Å². The summed E-state index contributed by atoms with van der Waals surface area (Å²) in [5.41, 5.74) is 0.580. The van der Waals surface area contributed by atoms with Gasteiger partial charge < -0.3 is 10.1 Å². The third-order valence-corrected chi connectivity index (χ3v) is 5.50. The lowest BCUT2D eigenvalue weighted by molar-refractivity contribution is -0.116. The van der Waals surface area contributed by atoms with Crippen molar-refractivity contribution < 1.29 is 17.9 Å². The normalized spacial score (nSPS) is 11.6. The summed E-state index contributed by atoms with van der Waals surface area (Å²) in [6.45, 7) is 0.461. The van der Waals surface area contributed by atoms with Gasteiger partial charge in [-0.3, -0.25) is 4.79 Å². The molecule has 1 aromatic heterocycles. The molecule has 0 radical (unpaired) electrons. The van der Waals surface area contributed by atoms with Crippen LogP contribution in [0.25, 0.3) is 6.08 Å². The number of nitrogens with one attached hydrogen (secondary N) is 2. The molecule has 0 fully saturated rings. The molecule has 0 unspecified atom stereocenters. The Hall–Kier alpha value is -2.16. The molecule has 6 nitrogen and oxygen atoms in total. The van der Waals surface area contributed by atoms with Crippen LogP contribution >= 0.6 is 11.3 Å². The standard InChI is InChI=1S/C16H18N2O4S2/c1-17-24(20,21)15-10-12(5-7-14(15)22-2)6-8-16(19)18-11-13-4-3-9-23-13/h3-10,17H,11H2,1-2H3,(H,18,19)/b8-6+. The molecule has 2 aromatic rings. The molecule has 0 aliphatic rings. The fraction of sp³-hybridized carbons (Fsp3) is 0.188. The van der Waals surface area contributed by atoms with Gasteiger partial charge in [-0.2, -0.15) is 0 Å². The molecule has 2 N–H and O–H groups in total. The summed E-state index contributed by atoms with van der Waals surface area (Å²) < 4.78 is 31.3. The number of amides is 1. The third kappa shape index (κ3) is 4.67. The number of methoxy groups -OCH3 is 1. The predicted molar refractivity (Wildman–Crippen MR) is 94.4 cm³/mol. The van der Waals surface area contributed by atoms with Gasteiger partial charge in [-0.1, -0.05) is 12.1 Å². The van der Waals surface area contributed by atoms with E-state index in [1.54, 1.807) is 29.5 Å². The zero-order valence-corrected chi connectivity index (χ0v) is 14.9. The van der Waals surface area contributed by atoms with Crippen LogP contribution in [0.5, 0.6) is 5.75 Å². The van der Waals surface area contributed by atoms with Gasteiger partial charge in [0.25, 0.3) is 0 Å². The lowest BCUT2D eigenvalue weighted by Crippen LogP contribution is -2.20. The van der Waals surface area contributed by atoms with Crippen molar-refractivity contribution in [3.63, 3.8) is 0 Å². The Balaban J connectivity index is 2.11. The first-order valence-electron chi connectivity index (χ1n) is 7.06. The molecule has 0 aliphatic carbocycles. The Bertz CT molecular complexity index is 828. The third-order valence-electron chi connectivity index (χ3n) is 3.19. The lowest BCUT2D eigenvalue weighted by Gasteiger charge is -2.09. The van der Waals surface area contributed by atoms with Gasteiger partial charge in [-0.25, -0.2) is 13.1 Å². The SMILES string of the molecule is CNS(=O)(=O)c1cc(/C=C/C(=O)NCc2cccs2)ccc1OC. The van der Waals surface area contributed by atoms with E-state index in [-0.39, 0.29) is 16.6 Å². The van der Waals surface area contributed by atoms with Crippen molar-refractivity contribution in [3.8, 4) is 5.75 Å². The summed E-state index contributed by atoms with van der Waals surface area (Å²) >= 11 is 1.56. The van der Waals surface area contributed by atoms with E-state index in [1.807, 2.05) is 17.5 Å². The molecule has 2 rings (SSSR count). The number of ether oxygens (including phenoxy) is 1. The lowest BCUT2D eigenvalue weighted by atomic mass is 10.2. The highest BCUT2D eigenvalue weighted by Gasteiger charge is 2.17. The van der Waals surface area contributed by atoms with Gasteiger partial charge in [0.05, 0.1) is 13.7 Å². The molecule has 0 saturated carbocycles. The molecule has 0 aliphatic heterocycles. The maximum Gasteiger partial charge on any atom is 0.244 e. The highest BCUT2D eigenvalue weighted by molar-refractivity contribution is 7.89. The van der Waals surface area contributed by atoms with Crippen molar-refractivity contribution in [1.82, 2.24) is 10.0 Å². The minimum atomic E-state index is -3.65. The highest BCUT2D eigenvalue weighted by Crippen LogP contribution is 2.25. The molecule has 0 atom stereocenters. The number of carbonyl (C=O) groups is 1. The summed E-state index contributed by atoms with van der Waals surface area (Å²) in [5.74, 6) is -0.0131. The summed E-state index contributed by atoms with van der Waals surface area (Å²) in [6, 6.07) is 8.54. The molecule has 0 bridgehead atoms. The van der Waals surface area contributed by atoms with Gasteiger partial charge >= 0.3 is 0 Å². The average Bonchev–Trinajstić information content (AvgIpc) is 3.11. The van der Waals surface area contributed by atoms with Crippen molar-refractivity contribution in [1.29, 1.82) is 0 Å². The fourth-order valence-corrected chi connectivity index (χ4v) is 3.51. The van der Waals surface area contributed by atoms with Gasteiger partial charge in [0.1, 0.15) is 10.6 Å². The van der Waals surface area contributed by atoms with E-state index in [0.29, 0.717) is 12.1 Å². The van der Waals surface area contributed by atoms with Crippen molar-refractivity contribution in [3.05, 3.63) is 52.2 Å². The van der Waals surface area contributed by atoms with Crippen LogP contribution in [0.3, 0.4) is 0 Å². The molecule has 1 aromatic carbocycles.